The van der Waals surface area contributed by atoms with Gasteiger partial charge in [-0.05, 0) is 55.5 Å². The normalized spacial score (nSPS) is 14.7. The van der Waals surface area contributed by atoms with Crippen LogP contribution in [0.1, 0.15) is 48.0 Å². The molecule has 2 aromatic carbocycles. The molecule has 166 valence electrons. The Hall–Kier alpha value is -2.93. The summed E-state index contributed by atoms with van der Waals surface area (Å²) in [6, 6.07) is 15.1. The first-order valence-corrected chi connectivity index (χ1v) is 10.8. The van der Waals surface area contributed by atoms with Crippen LogP contribution in [0.5, 0.6) is 0 Å². The minimum Gasteiger partial charge on any atom is -0.419 e. The summed E-state index contributed by atoms with van der Waals surface area (Å²) < 4.78 is 24.5. The molecule has 0 saturated carbocycles. The molecule has 1 aliphatic rings. The molecule has 0 unspecified atom stereocenters. The van der Waals surface area contributed by atoms with Gasteiger partial charge in [-0.15, -0.1) is 0 Å². The fraction of sp³-hybridized carbons (Fsp3) is 0.417. The lowest BCUT2D eigenvalue weighted by Crippen LogP contribution is -2.38. The molecule has 0 aliphatic carbocycles. The lowest BCUT2D eigenvalue weighted by Gasteiger charge is -2.28. The van der Waals surface area contributed by atoms with Crippen molar-refractivity contribution >= 4 is 12.0 Å². The summed E-state index contributed by atoms with van der Waals surface area (Å²) in [5.74, 6) is -0.655. The average Bonchev–Trinajstić information content (AvgIpc) is 2.81. The van der Waals surface area contributed by atoms with Gasteiger partial charge in [-0.1, -0.05) is 30.3 Å². The second-order valence-corrected chi connectivity index (χ2v) is 7.56. The Morgan fingerprint density at radius 3 is 2.42 bits per heavy atom. The van der Waals surface area contributed by atoms with Crippen LogP contribution >= 0.6 is 0 Å². The average molecular weight is 429 g/mol. The number of amides is 2. The summed E-state index contributed by atoms with van der Waals surface area (Å²) in [4.78, 5) is 26.4. The number of rotatable bonds is 9. The van der Waals surface area contributed by atoms with Gasteiger partial charge >= 0.3 is 6.09 Å². The van der Waals surface area contributed by atoms with E-state index >= 15 is 0 Å². The number of benzene rings is 2. The van der Waals surface area contributed by atoms with E-state index in [1.165, 1.54) is 24.3 Å². The maximum atomic E-state index is 13.0. The number of nitrogens with one attached hydrogen (secondary N) is 1. The van der Waals surface area contributed by atoms with Gasteiger partial charge in [-0.3, -0.25) is 4.79 Å². The third-order valence-corrected chi connectivity index (χ3v) is 5.13. The van der Waals surface area contributed by atoms with Crippen LogP contribution in [0.25, 0.3) is 0 Å². The lowest BCUT2D eigenvalue weighted by atomic mass is 10.1. The molecule has 1 atom stereocenters. The summed E-state index contributed by atoms with van der Waals surface area (Å²) in [5.41, 5.74) is 1.39. The van der Waals surface area contributed by atoms with Crippen LogP contribution in [0.4, 0.5) is 9.18 Å². The van der Waals surface area contributed by atoms with Crippen molar-refractivity contribution in [2.45, 2.75) is 45.0 Å². The predicted octanol–water partition coefficient (Wildman–Crippen LogP) is 4.50. The molecule has 2 aromatic rings. The van der Waals surface area contributed by atoms with E-state index in [9.17, 15) is 14.0 Å². The monoisotopic (exact) mass is 428 g/mol. The highest BCUT2D eigenvalue weighted by molar-refractivity contribution is 5.94. The van der Waals surface area contributed by atoms with Crippen molar-refractivity contribution in [3.63, 3.8) is 0 Å². The maximum Gasteiger partial charge on any atom is 0.412 e. The van der Waals surface area contributed by atoms with Gasteiger partial charge in [0.15, 0.2) is 0 Å². The lowest BCUT2D eigenvalue weighted by molar-refractivity contribution is -0.124. The number of halogens is 1. The smallest absolute Gasteiger partial charge is 0.412 e. The molecule has 2 amide bonds. The highest BCUT2D eigenvalue weighted by atomic mass is 19.1. The Bertz CT molecular complexity index is 823. The fourth-order valence-corrected chi connectivity index (χ4v) is 3.38. The first-order chi connectivity index (χ1) is 15.1. The van der Waals surface area contributed by atoms with Crippen LogP contribution in [-0.4, -0.2) is 42.8 Å². The standard InChI is InChI=1S/C24H29FN2O4/c25-21-13-11-20(12-14-21)23(28)26-15-7-10-22(30-18-19-8-3-1-4-9-19)31-24(29)27-16-5-2-6-17-27/h1,3-4,8-9,11-14,22H,2,5-7,10,15-18H2,(H,26,28)/t22-/m1/s1. The van der Waals surface area contributed by atoms with Gasteiger partial charge < -0.3 is 19.7 Å². The van der Waals surface area contributed by atoms with Crippen molar-refractivity contribution in [2.24, 2.45) is 0 Å². The van der Waals surface area contributed by atoms with Crippen LogP contribution in [0.3, 0.4) is 0 Å². The molecular weight excluding hydrogens is 399 g/mol. The van der Waals surface area contributed by atoms with E-state index < -0.39 is 6.29 Å². The Labute approximate surface area is 182 Å². The van der Waals surface area contributed by atoms with Crippen LogP contribution in [0.2, 0.25) is 0 Å². The van der Waals surface area contributed by atoms with Gasteiger partial charge in [0.1, 0.15) is 5.82 Å². The van der Waals surface area contributed by atoms with Gasteiger partial charge in [0.2, 0.25) is 6.29 Å². The topological polar surface area (TPSA) is 67.9 Å². The number of hydrogen-bond acceptors (Lipinski definition) is 4. The molecule has 6 nitrogen and oxygen atoms in total. The zero-order valence-corrected chi connectivity index (χ0v) is 17.6. The zero-order chi connectivity index (χ0) is 21.9. The van der Waals surface area contributed by atoms with Crippen molar-refractivity contribution in [1.29, 1.82) is 0 Å². The zero-order valence-electron chi connectivity index (χ0n) is 17.6. The van der Waals surface area contributed by atoms with Crippen LogP contribution in [0.15, 0.2) is 54.6 Å². The summed E-state index contributed by atoms with van der Waals surface area (Å²) in [5, 5.41) is 2.80. The summed E-state index contributed by atoms with van der Waals surface area (Å²) in [6.07, 6.45) is 3.08. The molecule has 1 fully saturated rings. The van der Waals surface area contributed by atoms with Crippen molar-refractivity contribution in [2.75, 3.05) is 19.6 Å². The minimum absolute atomic E-state index is 0.271. The van der Waals surface area contributed by atoms with Gasteiger partial charge in [0.05, 0.1) is 6.61 Å². The number of carbonyl (C=O) groups excluding carboxylic acids is 2. The molecule has 7 heteroatoms. The number of nitrogens with zero attached hydrogens (tertiary/aromatic N) is 1. The predicted molar refractivity (Wildman–Crippen MR) is 115 cm³/mol. The maximum absolute atomic E-state index is 13.0. The van der Waals surface area contributed by atoms with Crippen molar-refractivity contribution in [3.05, 3.63) is 71.5 Å². The fourth-order valence-electron chi connectivity index (χ4n) is 3.38. The van der Waals surface area contributed by atoms with Gasteiger partial charge in [0, 0.05) is 31.6 Å². The van der Waals surface area contributed by atoms with E-state index in [4.69, 9.17) is 9.47 Å². The van der Waals surface area contributed by atoms with E-state index in [1.807, 2.05) is 30.3 Å². The summed E-state index contributed by atoms with van der Waals surface area (Å²) >= 11 is 0. The van der Waals surface area contributed by atoms with Crippen LogP contribution < -0.4 is 5.32 Å². The Kier molecular flexibility index (Phi) is 8.84. The van der Waals surface area contributed by atoms with Gasteiger partial charge in [0.25, 0.3) is 5.91 Å². The Balaban J connectivity index is 1.48. The molecule has 1 N–H and O–H groups in total. The van der Waals surface area contributed by atoms with Crippen molar-refractivity contribution in [1.82, 2.24) is 10.2 Å². The van der Waals surface area contributed by atoms with E-state index in [-0.39, 0.29) is 17.8 Å². The molecule has 0 radical (unpaired) electrons. The third-order valence-electron chi connectivity index (χ3n) is 5.13. The quantitative estimate of drug-likeness (QED) is 0.472. The van der Waals surface area contributed by atoms with Crippen LogP contribution in [0, 0.1) is 5.82 Å². The van der Waals surface area contributed by atoms with Crippen molar-refractivity contribution in [3.8, 4) is 0 Å². The third kappa shape index (κ3) is 7.68. The van der Waals surface area contributed by atoms with Crippen molar-refractivity contribution < 1.29 is 23.5 Å². The first-order valence-electron chi connectivity index (χ1n) is 10.8. The minimum atomic E-state index is -0.697. The highest BCUT2D eigenvalue weighted by Crippen LogP contribution is 2.14. The molecule has 0 spiro atoms. The Morgan fingerprint density at radius 2 is 1.71 bits per heavy atom. The van der Waals surface area contributed by atoms with E-state index in [1.54, 1.807) is 4.90 Å². The van der Waals surface area contributed by atoms with E-state index in [0.29, 0.717) is 44.6 Å². The second-order valence-electron chi connectivity index (χ2n) is 7.56. The largest absolute Gasteiger partial charge is 0.419 e. The number of carbonyl (C=O) groups is 2. The number of likely N-dealkylation sites (tertiary alicyclic amines) is 1. The van der Waals surface area contributed by atoms with E-state index in [2.05, 4.69) is 5.32 Å². The molecule has 0 bridgehead atoms. The molecule has 1 saturated heterocycles. The molecular formula is C24H29FN2O4. The SMILES string of the molecule is O=C(NCCC[C@H](OCc1ccccc1)OC(=O)N1CCCCC1)c1ccc(F)cc1. The summed E-state index contributed by atoms with van der Waals surface area (Å²) in [7, 11) is 0. The Morgan fingerprint density at radius 1 is 1.00 bits per heavy atom. The second kappa shape index (κ2) is 12.1. The number of ether oxygens (including phenoxy) is 2. The highest BCUT2D eigenvalue weighted by Gasteiger charge is 2.22. The molecule has 3 rings (SSSR count). The molecule has 1 aliphatic heterocycles. The molecule has 31 heavy (non-hydrogen) atoms. The number of piperidine rings is 1. The van der Waals surface area contributed by atoms with Crippen LogP contribution in [-0.2, 0) is 16.1 Å². The summed E-state index contributed by atoms with van der Waals surface area (Å²) in [6.45, 7) is 2.14. The number of hydrogen-bond donors (Lipinski definition) is 1. The van der Waals surface area contributed by atoms with E-state index in [0.717, 1.165) is 24.8 Å². The van der Waals surface area contributed by atoms with Gasteiger partial charge in [-0.2, -0.15) is 0 Å². The molecule has 1 heterocycles. The molecule has 0 aromatic heterocycles. The van der Waals surface area contributed by atoms with Gasteiger partial charge in [-0.25, -0.2) is 9.18 Å². The first kappa shape index (κ1) is 22.7.